The summed E-state index contributed by atoms with van der Waals surface area (Å²) < 4.78 is 26.5. The Bertz CT molecular complexity index is 1640. The van der Waals surface area contributed by atoms with E-state index in [1.54, 1.807) is 16.8 Å². The Morgan fingerprint density at radius 1 is 0.923 bits per heavy atom. The standard InChI is InChI=1S/C29H27FN6O3/c30-24-8-6-21(7-9-24)17-36-28(32-33-34-36)19-35(11-10-20-4-2-1-3-5-20)18-23-14-22-15-26-27(39-13-12-38-26)16-25(22)31-29(23)37/h1-9,14-16H,10-13,17-19H2,(H,31,37). The number of tetrazole rings is 1. The van der Waals surface area contributed by atoms with Gasteiger partial charge in [-0.25, -0.2) is 9.07 Å². The number of hydrogen-bond acceptors (Lipinski definition) is 7. The Morgan fingerprint density at radius 3 is 2.49 bits per heavy atom. The fourth-order valence-corrected chi connectivity index (χ4v) is 4.71. The molecule has 0 saturated heterocycles. The molecule has 0 unspecified atom stereocenters. The van der Waals surface area contributed by atoms with Crippen molar-refractivity contribution in [2.75, 3.05) is 19.8 Å². The van der Waals surface area contributed by atoms with Crippen LogP contribution in [0, 0.1) is 5.82 Å². The van der Waals surface area contributed by atoms with E-state index in [9.17, 15) is 9.18 Å². The van der Waals surface area contributed by atoms with Gasteiger partial charge >= 0.3 is 0 Å². The van der Waals surface area contributed by atoms with Crippen molar-refractivity contribution < 1.29 is 13.9 Å². The Labute approximate surface area is 223 Å². The van der Waals surface area contributed by atoms with Gasteiger partial charge in [0.2, 0.25) is 0 Å². The van der Waals surface area contributed by atoms with Crippen molar-refractivity contribution in [2.45, 2.75) is 26.1 Å². The molecule has 10 heteroatoms. The van der Waals surface area contributed by atoms with Crippen molar-refractivity contribution >= 4 is 10.9 Å². The van der Waals surface area contributed by atoms with E-state index >= 15 is 0 Å². The lowest BCUT2D eigenvalue weighted by atomic mass is 10.1. The van der Waals surface area contributed by atoms with Gasteiger partial charge in [0.1, 0.15) is 19.0 Å². The molecule has 0 atom stereocenters. The Morgan fingerprint density at radius 2 is 1.69 bits per heavy atom. The second-order valence-corrected chi connectivity index (χ2v) is 9.53. The zero-order valence-electron chi connectivity index (χ0n) is 21.2. The fraction of sp³-hybridized carbons (Fsp3) is 0.241. The summed E-state index contributed by atoms with van der Waals surface area (Å²) in [5.41, 5.74) is 3.26. The van der Waals surface area contributed by atoms with Gasteiger partial charge in [-0.15, -0.1) is 5.10 Å². The SMILES string of the molecule is O=c1[nH]c2cc3c(cc2cc1CN(CCc1ccccc1)Cc1nnnn1Cc1ccc(F)cc1)OCCO3. The van der Waals surface area contributed by atoms with E-state index in [-0.39, 0.29) is 11.4 Å². The van der Waals surface area contributed by atoms with Crippen molar-refractivity contribution in [2.24, 2.45) is 0 Å². The van der Waals surface area contributed by atoms with E-state index in [2.05, 4.69) is 37.5 Å². The molecule has 0 aliphatic carbocycles. The number of aromatic amines is 1. The molecule has 1 N–H and O–H groups in total. The number of nitrogens with zero attached hydrogens (tertiary/aromatic N) is 5. The maximum Gasteiger partial charge on any atom is 0.252 e. The van der Waals surface area contributed by atoms with Crippen molar-refractivity contribution in [1.82, 2.24) is 30.1 Å². The summed E-state index contributed by atoms with van der Waals surface area (Å²) in [5.74, 6) is 1.68. The van der Waals surface area contributed by atoms with Crippen molar-refractivity contribution in [1.29, 1.82) is 0 Å². The van der Waals surface area contributed by atoms with Crippen LogP contribution in [-0.4, -0.2) is 49.8 Å². The van der Waals surface area contributed by atoms with Gasteiger partial charge in [0.25, 0.3) is 5.56 Å². The van der Waals surface area contributed by atoms with Crippen LogP contribution in [0.5, 0.6) is 11.5 Å². The van der Waals surface area contributed by atoms with Crippen LogP contribution in [0.4, 0.5) is 4.39 Å². The quantitative estimate of drug-likeness (QED) is 0.313. The van der Waals surface area contributed by atoms with Crippen molar-refractivity contribution in [3.63, 3.8) is 0 Å². The summed E-state index contributed by atoms with van der Waals surface area (Å²) in [6.45, 7) is 2.91. The van der Waals surface area contributed by atoms with E-state index in [0.29, 0.717) is 67.8 Å². The molecular formula is C29H27FN6O3. The molecule has 198 valence electrons. The number of rotatable bonds is 9. The molecule has 0 spiro atoms. The number of H-pyrrole nitrogens is 1. The number of benzene rings is 3. The lowest BCUT2D eigenvalue weighted by molar-refractivity contribution is 0.172. The Balaban J connectivity index is 1.27. The molecule has 0 saturated carbocycles. The van der Waals surface area contributed by atoms with Crippen LogP contribution in [0.3, 0.4) is 0 Å². The van der Waals surface area contributed by atoms with E-state index in [4.69, 9.17) is 9.47 Å². The molecule has 3 aromatic carbocycles. The van der Waals surface area contributed by atoms with Gasteiger partial charge in [0, 0.05) is 30.1 Å². The smallest absolute Gasteiger partial charge is 0.252 e. The molecule has 1 aliphatic heterocycles. The first-order valence-corrected chi connectivity index (χ1v) is 12.8. The van der Waals surface area contributed by atoms with Gasteiger partial charge in [0.05, 0.1) is 18.6 Å². The number of ether oxygens (including phenoxy) is 2. The molecule has 3 heterocycles. The monoisotopic (exact) mass is 526 g/mol. The zero-order valence-corrected chi connectivity index (χ0v) is 21.2. The van der Waals surface area contributed by atoms with Gasteiger partial charge < -0.3 is 14.5 Å². The van der Waals surface area contributed by atoms with Gasteiger partial charge in [-0.2, -0.15) is 0 Å². The maximum atomic E-state index is 13.4. The molecule has 0 radical (unpaired) electrons. The Kier molecular flexibility index (Phi) is 7.01. The van der Waals surface area contributed by atoms with Crippen LogP contribution in [-0.2, 0) is 26.1 Å². The molecule has 6 rings (SSSR count). The zero-order chi connectivity index (χ0) is 26.6. The van der Waals surface area contributed by atoms with E-state index < -0.39 is 0 Å². The lowest BCUT2D eigenvalue weighted by Gasteiger charge is -2.22. The second-order valence-electron chi connectivity index (χ2n) is 9.53. The third-order valence-corrected chi connectivity index (χ3v) is 6.75. The van der Waals surface area contributed by atoms with E-state index in [1.807, 2.05) is 36.4 Å². The van der Waals surface area contributed by atoms with Crippen LogP contribution < -0.4 is 15.0 Å². The van der Waals surface area contributed by atoms with Gasteiger partial charge in [0.15, 0.2) is 17.3 Å². The van der Waals surface area contributed by atoms with E-state index in [0.717, 1.165) is 17.4 Å². The maximum absolute atomic E-state index is 13.4. The molecule has 0 fully saturated rings. The summed E-state index contributed by atoms with van der Waals surface area (Å²) in [6, 6.07) is 22.1. The van der Waals surface area contributed by atoms with Crippen LogP contribution in [0.1, 0.15) is 22.5 Å². The lowest BCUT2D eigenvalue weighted by Crippen LogP contribution is -2.30. The molecular weight excluding hydrogens is 499 g/mol. The van der Waals surface area contributed by atoms with E-state index in [1.165, 1.54) is 17.7 Å². The molecule has 39 heavy (non-hydrogen) atoms. The average Bonchev–Trinajstić information content (AvgIpc) is 3.39. The van der Waals surface area contributed by atoms with Crippen molar-refractivity contribution in [3.8, 4) is 11.5 Å². The normalized spacial score (nSPS) is 12.8. The molecule has 9 nitrogen and oxygen atoms in total. The average molecular weight is 527 g/mol. The van der Waals surface area contributed by atoms with Crippen LogP contribution in [0.15, 0.2) is 77.6 Å². The minimum absolute atomic E-state index is 0.158. The highest BCUT2D eigenvalue weighted by molar-refractivity contribution is 5.83. The van der Waals surface area contributed by atoms with Gasteiger partial charge in [-0.05, 0) is 52.2 Å². The number of nitrogens with one attached hydrogen (secondary N) is 1. The number of aromatic nitrogens is 5. The molecule has 5 aromatic rings. The van der Waals surface area contributed by atoms with Crippen LogP contribution in [0.2, 0.25) is 0 Å². The number of pyridine rings is 1. The fourth-order valence-electron chi connectivity index (χ4n) is 4.71. The number of hydrogen-bond donors (Lipinski definition) is 1. The first-order valence-electron chi connectivity index (χ1n) is 12.8. The number of halogens is 1. The summed E-state index contributed by atoms with van der Waals surface area (Å²) in [6.07, 6.45) is 0.796. The van der Waals surface area contributed by atoms with Crippen molar-refractivity contribution in [3.05, 3.63) is 111 Å². The third-order valence-electron chi connectivity index (χ3n) is 6.75. The Hall–Kier alpha value is -4.57. The highest BCUT2D eigenvalue weighted by Gasteiger charge is 2.18. The second kappa shape index (κ2) is 11.0. The summed E-state index contributed by atoms with van der Waals surface area (Å²) in [4.78, 5) is 18.3. The minimum atomic E-state index is -0.289. The first-order chi connectivity index (χ1) is 19.1. The van der Waals surface area contributed by atoms with Gasteiger partial charge in [-0.1, -0.05) is 42.5 Å². The predicted octanol–water partition coefficient (Wildman–Crippen LogP) is 3.72. The number of fused-ring (bicyclic) bond motifs is 2. The third kappa shape index (κ3) is 5.80. The highest BCUT2D eigenvalue weighted by Crippen LogP contribution is 2.33. The molecule has 2 aromatic heterocycles. The van der Waals surface area contributed by atoms with Crippen LogP contribution >= 0.6 is 0 Å². The van der Waals surface area contributed by atoms with Gasteiger partial charge in [-0.3, -0.25) is 9.69 Å². The topological polar surface area (TPSA) is 98.2 Å². The summed E-state index contributed by atoms with van der Waals surface area (Å²) >= 11 is 0. The molecule has 1 aliphatic rings. The first kappa shape index (κ1) is 24.7. The minimum Gasteiger partial charge on any atom is -0.486 e. The molecule has 0 bridgehead atoms. The highest BCUT2D eigenvalue weighted by atomic mass is 19.1. The molecule has 0 amide bonds. The summed E-state index contributed by atoms with van der Waals surface area (Å²) in [5, 5.41) is 13.2. The predicted molar refractivity (Wildman–Crippen MR) is 143 cm³/mol. The van der Waals surface area contributed by atoms with Crippen LogP contribution in [0.25, 0.3) is 10.9 Å². The summed E-state index contributed by atoms with van der Waals surface area (Å²) in [7, 11) is 0. The largest absolute Gasteiger partial charge is 0.486 e.